The highest BCUT2D eigenvalue weighted by Gasteiger charge is 2.37. The van der Waals surface area contributed by atoms with Crippen LogP contribution >= 0.6 is 11.3 Å². The van der Waals surface area contributed by atoms with E-state index in [0.29, 0.717) is 16.6 Å². The summed E-state index contributed by atoms with van der Waals surface area (Å²) in [6.07, 6.45) is 1.04. The van der Waals surface area contributed by atoms with Crippen molar-refractivity contribution in [1.82, 2.24) is 15.1 Å². The zero-order valence-corrected chi connectivity index (χ0v) is 14.0. The van der Waals surface area contributed by atoms with Crippen LogP contribution in [0.5, 0.6) is 5.75 Å². The SMILES string of the molecule is C=CCC(Oc1ccccc1)c1nnc(N2C(=O)N(C)CC2O)s1. The van der Waals surface area contributed by atoms with E-state index in [2.05, 4.69) is 16.8 Å². The Bertz CT molecular complexity index is 721. The van der Waals surface area contributed by atoms with Gasteiger partial charge in [-0.25, -0.2) is 9.69 Å². The Balaban J connectivity index is 1.81. The van der Waals surface area contributed by atoms with Crippen LogP contribution in [0.3, 0.4) is 0 Å². The van der Waals surface area contributed by atoms with Crippen LogP contribution < -0.4 is 9.64 Å². The van der Waals surface area contributed by atoms with E-state index in [4.69, 9.17) is 4.74 Å². The lowest BCUT2D eigenvalue weighted by molar-refractivity contribution is 0.183. The van der Waals surface area contributed by atoms with E-state index in [1.807, 2.05) is 30.3 Å². The number of ether oxygens (including phenoxy) is 1. The lowest BCUT2D eigenvalue weighted by atomic mass is 10.2. The topological polar surface area (TPSA) is 78.8 Å². The van der Waals surface area contributed by atoms with E-state index in [1.165, 1.54) is 21.1 Å². The predicted molar refractivity (Wildman–Crippen MR) is 91.0 cm³/mol. The molecule has 2 unspecified atom stereocenters. The lowest BCUT2D eigenvalue weighted by Gasteiger charge is -2.16. The molecule has 126 valence electrons. The lowest BCUT2D eigenvalue weighted by Crippen LogP contribution is -2.34. The highest BCUT2D eigenvalue weighted by atomic mass is 32.1. The first-order valence-corrected chi connectivity index (χ1v) is 8.30. The Morgan fingerprint density at radius 1 is 1.46 bits per heavy atom. The molecule has 1 fully saturated rings. The van der Waals surface area contributed by atoms with Gasteiger partial charge in [0.1, 0.15) is 5.75 Å². The molecular weight excluding hydrogens is 328 g/mol. The van der Waals surface area contributed by atoms with Crippen LogP contribution in [-0.4, -0.2) is 46.1 Å². The minimum Gasteiger partial charge on any atom is -0.483 e. The van der Waals surface area contributed by atoms with Crippen LogP contribution in [0.25, 0.3) is 0 Å². The van der Waals surface area contributed by atoms with Crippen LogP contribution in [0.2, 0.25) is 0 Å². The van der Waals surface area contributed by atoms with Crippen LogP contribution in [0.15, 0.2) is 43.0 Å². The molecule has 1 aromatic carbocycles. The van der Waals surface area contributed by atoms with Crippen molar-refractivity contribution in [2.45, 2.75) is 18.8 Å². The van der Waals surface area contributed by atoms with Crippen LogP contribution in [0, 0.1) is 0 Å². The fourth-order valence-electron chi connectivity index (χ4n) is 2.39. The number of hydrogen-bond acceptors (Lipinski definition) is 6. The van der Waals surface area contributed by atoms with Gasteiger partial charge in [-0.1, -0.05) is 35.6 Å². The standard InChI is InChI=1S/C16H18N4O3S/c1-3-7-12(23-11-8-5-4-6-9-11)14-17-18-15(24-14)20-13(21)10-19(2)16(20)22/h3-6,8-9,12-13,21H,1,7,10H2,2H3. The molecule has 0 radical (unpaired) electrons. The van der Waals surface area contributed by atoms with Gasteiger partial charge >= 0.3 is 6.03 Å². The molecule has 7 nitrogen and oxygen atoms in total. The van der Waals surface area contributed by atoms with Gasteiger partial charge in [-0.15, -0.1) is 16.8 Å². The van der Waals surface area contributed by atoms with Crippen molar-refractivity contribution < 1.29 is 14.6 Å². The fraction of sp³-hybridized carbons (Fsp3) is 0.312. The number of likely N-dealkylation sites (N-methyl/N-ethyl adjacent to an activating group) is 1. The molecule has 0 bridgehead atoms. The summed E-state index contributed by atoms with van der Waals surface area (Å²) in [5.41, 5.74) is 0. The van der Waals surface area contributed by atoms with Crippen molar-refractivity contribution in [2.24, 2.45) is 0 Å². The summed E-state index contributed by atoms with van der Waals surface area (Å²) in [5.74, 6) is 0.720. The number of urea groups is 1. The number of aliphatic hydroxyl groups excluding tert-OH is 1. The quantitative estimate of drug-likeness (QED) is 0.813. The van der Waals surface area contributed by atoms with Gasteiger partial charge in [-0.3, -0.25) is 0 Å². The molecule has 1 aliphatic heterocycles. The average Bonchev–Trinajstić information content (AvgIpc) is 3.13. The second kappa shape index (κ2) is 6.98. The third-order valence-corrected chi connectivity index (χ3v) is 4.60. The Labute approximate surface area is 143 Å². The molecule has 2 amide bonds. The van der Waals surface area contributed by atoms with E-state index >= 15 is 0 Å². The number of aliphatic hydroxyl groups is 1. The molecule has 1 aliphatic rings. The molecule has 2 atom stereocenters. The Morgan fingerprint density at radius 2 is 2.21 bits per heavy atom. The number of nitrogens with zero attached hydrogens (tertiary/aromatic N) is 4. The summed E-state index contributed by atoms with van der Waals surface area (Å²) in [6, 6.07) is 9.12. The minimum absolute atomic E-state index is 0.240. The van der Waals surface area contributed by atoms with Crippen LogP contribution in [0.4, 0.5) is 9.93 Å². The largest absolute Gasteiger partial charge is 0.483 e. The first-order valence-electron chi connectivity index (χ1n) is 7.48. The summed E-state index contributed by atoms with van der Waals surface area (Å²) in [4.78, 5) is 14.8. The molecule has 2 heterocycles. The smallest absolute Gasteiger partial charge is 0.328 e. The number of hydrogen-bond donors (Lipinski definition) is 1. The monoisotopic (exact) mass is 346 g/mol. The fourth-order valence-corrected chi connectivity index (χ4v) is 3.32. The number of carbonyl (C=O) groups excluding carboxylic acids is 1. The van der Waals surface area contributed by atoms with Crippen LogP contribution in [0.1, 0.15) is 17.5 Å². The first-order chi connectivity index (χ1) is 11.6. The van der Waals surface area contributed by atoms with E-state index in [1.54, 1.807) is 13.1 Å². The van der Waals surface area contributed by atoms with Gasteiger partial charge in [0.05, 0.1) is 6.54 Å². The van der Waals surface area contributed by atoms with Gasteiger partial charge < -0.3 is 14.7 Å². The number of carbonyl (C=O) groups is 1. The zero-order chi connectivity index (χ0) is 17.1. The van der Waals surface area contributed by atoms with Gasteiger partial charge in [0, 0.05) is 13.5 Å². The summed E-state index contributed by atoms with van der Waals surface area (Å²) in [7, 11) is 1.63. The number of rotatable bonds is 6. The first kappa shape index (κ1) is 16.4. The Morgan fingerprint density at radius 3 is 2.83 bits per heavy atom. The van der Waals surface area contributed by atoms with Crippen molar-refractivity contribution >= 4 is 22.5 Å². The van der Waals surface area contributed by atoms with Crippen molar-refractivity contribution in [3.63, 3.8) is 0 Å². The number of β-amino-alcohol motifs (C(OH)–C–C–N with tert-alkyl or cyclic N) is 1. The van der Waals surface area contributed by atoms with Crippen LogP contribution in [-0.2, 0) is 0 Å². The summed E-state index contributed by atoms with van der Waals surface area (Å²) in [5, 5.41) is 19.2. The number of para-hydroxylation sites is 1. The summed E-state index contributed by atoms with van der Waals surface area (Å²) in [6.45, 7) is 3.99. The van der Waals surface area contributed by atoms with E-state index in [9.17, 15) is 9.90 Å². The molecule has 0 spiro atoms. The highest BCUT2D eigenvalue weighted by molar-refractivity contribution is 7.15. The minimum atomic E-state index is -0.920. The predicted octanol–water partition coefficient (Wildman–Crippen LogP) is 2.42. The molecule has 1 saturated heterocycles. The number of anilines is 1. The average molecular weight is 346 g/mol. The molecule has 3 rings (SSSR count). The van der Waals surface area contributed by atoms with E-state index in [-0.39, 0.29) is 18.7 Å². The van der Waals surface area contributed by atoms with E-state index < -0.39 is 6.23 Å². The maximum absolute atomic E-state index is 12.1. The van der Waals surface area contributed by atoms with Gasteiger partial charge in [0.25, 0.3) is 0 Å². The number of aromatic nitrogens is 2. The van der Waals surface area contributed by atoms with Gasteiger partial charge in [-0.05, 0) is 12.1 Å². The third-order valence-electron chi connectivity index (χ3n) is 3.58. The molecule has 0 aliphatic carbocycles. The third kappa shape index (κ3) is 3.24. The van der Waals surface area contributed by atoms with Crippen molar-refractivity contribution in [3.8, 4) is 5.75 Å². The van der Waals surface area contributed by atoms with Crippen molar-refractivity contribution in [1.29, 1.82) is 0 Å². The maximum atomic E-state index is 12.1. The summed E-state index contributed by atoms with van der Waals surface area (Å²) < 4.78 is 5.95. The molecule has 1 N–H and O–H groups in total. The Kier molecular flexibility index (Phi) is 4.77. The molecule has 2 aromatic rings. The van der Waals surface area contributed by atoms with Gasteiger partial charge in [0.15, 0.2) is 17.3 Å². The normalized spacial score (nSPS) is 18.8. The van der Waals surface area contributed by atoms with E-state index in [0.717, 1.165) is 5.75 Å². The number of amides is 2. The molecule has 1 aromatic heterocycles. The second-order valence-electron chi connectivity index (χ2n) is 5.38. The zero-order valence-electron chi connectivity index (χ0n) is 13.2. The van der Waals surface area contributed by atoms with Gasteiger partial charge in [-0.2, -0.15) is 0 Å². The Hall–Kier alpha value is -2.45. The number of benzene rings is 1. The molecule has 8 heteroatoms. The molecule has 24 heavy (non-hydrogen) atoms. The summed E-state index contributed by atoms with van der Waals surface area (Å²) >= 11 is 1.23. The van der Waals surface area contributed by atoms with Gasteiger partial charge in [0.2, 0.25) is 5.13 Å². The highest BCUT2D eigenvalue weighted by Crippen LogP contribution is 2.32. The second-order valence-corrected chi connectivity index (χ2v) is 6.37. The molecular formula is C16H18N4O3S. The van der Waals surface area contributed by atoms with Crippen molar-refractivity contribution in [3.05, 3.63) is 48.0 Å². The van der Waals surface area contributed by atoms with Crippen molar-refractivity contribution in [2.75, 3.05) is 18.5 Å². The maximum Gasteiger partial charge on any atom is 0.328 e. The molecule has 0 saturated carbocycles.